The second-order valence-electron chi connectivity index (χ2n) is 2.58. The molecule has 2 rings (SSSR count). The van der Waals surface area contributed by atoms with Crippen LogP contribution >= 0.6 is 24.2 Å². The van der Waals surface area contributed by atoms with Gasteiger partial charge in [0, 0.05) is 12.3 Å². The Morgan fingerprint density at radius 3 is 2.86 bits per heavy atom. The third-order valence-electron chi connectivity index (χ3n) is 1.62. The van der Waals surface area contributed by atoms with Gasteiger partial charge in [-0.3, -0.25) is 0 Å². The zero-order valence-electron chi connectivity index (χ0n) is 7.47. The minimum atomic E-state index is 0. The Kier molecular flexibility index (Phi) is 4.25. The first kappa shape index (κ1) is 11.4. The Balaban J connectivity index is 0.000000980. The average molecular weight is 231 g/mol. The number of benzene rings is 1. The van der Waals surface area contributed by atoms with Crippen molar-refractivity contribution in [1.29, 1.82) is 0 Å². The van der Waals surface area contributed by atoms with Crippen molar-refractivity contribution in [2.45, 2.75) is 5.22 Å². The first-order valence-corrected chi connectivity index (χ1v) is 5.07. The van der Waals surface area contributed by atoms with Gasteiger partial charge >= 0.3 is 0 Å². The summed E-state index contributed by atoms with van der Waals surface area (Å²) in [6.45, 7) is 0.642. The molecule has 0 unspecified atom stereocenters. The smallest absolute Gasteiger partial charge is 0.256 e. The van der Waals surface area contributed by atoms with Crippen LogP contribution in [0.25, 0.3) is 11.1 Å². The van der Waals surface area contributed by atoms with E-state index in [0.717, 1.165) is 16.9 Å². The molecule has 2 N–H and O–H groups in total. The molecule has 0 aliphatic heterocycles. The van der Waals surface area contributed by atoms with Gasteiger partial charge in [0.1, 0.15) is 5.52 Å². The lowest BCUT2D eigenvalue weighted by Gasteiger charge is -1.89. The maximum absolute atomic E-state index is 5.47. The van der Waals surface area contributed by atoms with Crippen molar-refractivity contribution in [2.75, 3.05) is 12.3 Å². The third kappa shape index (κ3) is 2.41. The van der Waals surface area contributed by atoms with Crippen molar-refractivity contribution in [3.8, 4) is 0 Å². The molecular formula is C9H11ClN2OS. The second kappa shape index (κ2) is 5.24. The van der Waals surface area contributed by atoms with Crippen LogP contribution in [-0.2, 0) is 0 Å². The molecule has 76 valence electrons. The van der Waals surface area contributed by atoms with E-state index in [4.69, 9.17) is 10.2 Å². The van der Waals surface area contributed by atoms with Gasteiger partial charge in [0.25, 0.3) is 5.22 Å². The van der Waals surface area contributed by atoms with Crippen LogP contribution in [0.3, 0.4) is 0 Å². The third-order valence-corrected chi connectivity index (χ3v) is 2.48. The number of fused-ring (bicyclic) bond motifs is 1. The molecule has 0 atom stereocenters. The summed E-state index contributed by atoms with van der Waals surface area (Å²) in [6, 6.07) is 7.73. The Hall–Kier alpha value is -0.710. The Labute approximate surface area is 92.5 Å². The molecule has 14 heavy (non-hydrogen) atoms. The van der Waals surface area contributed by atoms with Gasteiger partial charge in [-0.25, -0.2) is 4.98 Å². The molecule has 1 heterocycles. The van der Waals surface area contributed by atoms with Crippen LogP contribution in [0.1, 0.15) is 0 Å². The fraction of sp³-hybridized carbons (Fsp3) is 0.222. The molecule has 0 bridgehead atoms. The normalized spacial score (nSPS) is 10.1. The molecule has 5 heteroatoms. The summed E-state index contributed by atoms with van der Waals surface area (Å²) in [4.78, 5) is 4.29. The van der Waals surface area contributed by atoms with Crippen molar-refractivity contribution >= 4 is 35.3 Å². The zero-order chi connectivity index (χ0) is 9.10. The monoisotopic (exact) mass is 230 g/mol. The van der Waals surface area contributed by atoms with Gasteiger partial charge in [0.15, 0.2) is 5.58 Å². The molecule has 1 aromatic carbocycles. The topological polar surface area (TPSA) is 52.0 Å². The Morgan fingerprint density at radius 1 is 1.36 bits per heavy atom. The van der Waals surface area contributed by atoms with Crippen LogP contribution < -0.4 is 5.73 Å². The van der Waals surface area contributed by atoms with Crippen LogP contribution in [0.15, 0.2) is 33.9 Å². The minimum Gasteiger partial charge on any atom is -0.431 e. The fourth-order valence-electron chi connectivity index (χ4n) is 1.06. The maximum Gasteiger partial charge on any atom is 0.256 e. The summed E-state index contributed by atoms with van der Waals surface area (Å²) >= 11 is 1.54. The summed E-state index contributed by atoms with van der Waals surface area (Å²) in [5.74, 6) is 0.840. The first-order valence-electron chi connectivity index (χ1n) is 4.08. The lowest BCUT2D eigenvalue weighted by atomic mass is 10.3. The number of para-hydroxylation sites is 2. The molecule has 2 aromatic rings. The minimum absolute atomic E-state index is 0. The maximum atomic E-state index is 5.47. The fourth-order valence-corrected chi connectivity index (χ4v) is 1.66. The van der Waals surface area contributed by atoms with Gasteiger partial charge < -0.3 is 10.2 Å². The molecule has 1 aromatic heterocycles. The van der Waals surface area contributed by atoms with Crippen LogP contribution in [0.4, 0.5) is 0 Å². The highest BCUT2D eigenvalue weighted by atomic mass is 35.5. The lowest BCUT2D eigenvalue weighted by molar-refractivity contribution is 0.489. The highest BCUT2D eigenvalue weighted by Crippen LogP contribution is 2.22. The van der Waals surface area contributed by atoms with E-state index < -0.39 is 0 Å². The van der Waals surface area contributed by atoms with Gasteiger partial charge in [-0.05, 0) is 12.1 Å². The number of thioether (sulfide) groups is 1. The summed E-state index contributed by atoms with van der Waals surface area (Å²) in [7, 11) is 0. The van der Waals surface area contributed by atoms with Crippen molar-refractivity contribution < 1.29 is 4.42 Å². The Morgan fingerprint density at radius 2 is 2.14 bits per heavy atom. The number of halogens is 1. The van der Waals surface area contributed by atoms with Crippen LogP contribution in [0.2, 0.25) is 0 Å². The highest BCUT2D eigenvalue weighted by Gasteiger charge is 2.03. The summed E-state index contributed by atoms with van der Waals surface area (Å²) in [5.41, 5.74) is 7.12. The van der Waals surface area contributed by atoms with E-state index in [9.17, 15) is 0 Å². The van der Waals surface area contributed by atoms with E-state index >= 15 is 0 Å². The van der Waals surface area contributed by atoms with Gasteiger partial charge in [0.05, 0.1) is 0 Å². The number of rotatable bonds is 3. The molecule has 3 nitrogen and oxygen atoms in total. The van der Waals surface area contributed by atoms with Crippen LogP contribution in [0.5, 0.6) is 0 Å². The number of hydrogen-bond acceptors (Lipinski definition) is 4. The second-order valence-corrected chi connectivity index (χ2v) is 3.63. The SMILES string of the molecule is Cl.NCCSc1nc2ccccc2o1. The van der Waals surface area contributed by atoms with E-state index in [1.54, 1.807) is 11.8 Å². The van der Waals surface area contributed by atoms with Gasteiger partial charge in [0.2, 0.25) is 0 Å². The van der Waals surface area contributed by atoms with Crippen molar-refractivity contribution in [2.24, 2.45) is 5.73 Å². The average Bonchev–Trinajstić information content (AvgIpc) is 2.57. The van der Waals surface area contributed by atoms with Gasteiger partial charge in [-0.15, -0.1) is 12.4 Å². The molecule has 0 saturated carbocycles. The largest absolute Gasteiger partial charge is 0.431 e. The van der Waals surface area contributed by atoms with Crippen molar-refractivity contribution in [3.63, 3.8) is 0 Å². The number of aromatic nitrogens is 1. The summed E-state index contributed by atoms with van der Waals surface area (Å²) < 4.78 is 5.47. The van der Waals surface area contributed by atoms with E-state index in [1.165, 1.54) is 0 Å². The standard InChI is InChI=1S/C9H10N2OS.ClH/c10-5-6-13-9-11-7-3-1-2-4-8(7)12-9;/h1-4H,5-6,10H2;1H. The quantitative estimate of drug-likeness (QED) is 0.823. The number of hydrogen-bond donors (Lipinski definition) is 1. The molecule has 0 radical (unpaired) electrons. The van der Waals surface area contributed by atoms with Crippen molar-refractivity contribution in [1.82, 2.24) is 4.98 Å². The van der Waals surface area contributed by atoms with Gasteiger partial charge in [-0.1, -0.05) is 23.9 Å². The molecule has 0 amide bonds. The van der Waals surface area contributed by atoms with Gasteiger partial charge in [-0.2, -0.15) is 0 Å². The molecule has 0 spiro atoms. The van der Waals surface area contributed by atoms with E-state index in [-0.39, 0.29) is 12.4 Å². The zero-order valence-corrected chi connectivity index (χ0v) is 9.11. The summed E-state index contributed by atoms with van der Waals surface area (Å²) in [6.07, 6.45) is 0. The molecular weight excluding hydrogens is 220 g/mol. The van der Waals surface area contributed by atoms with E-state index in [1.807, 2.05) is 24.3 Å². The molecule has 0 fully saturated rings. The van der Waals surface area contributed by atoms with E-state index in [2.05, 4.69) is 4.98 Å². The molecule has 0 aliphatic rings. The molecule has 0 aliphatic carbocycles. The predicted molar refractivity (Wildman–Crippen MR) is 61.0 cm³/mol. The number of nitrogens with zero attached hydrogens (tertiary/aromatic N) is 1. The van der Waals surface area contributed by atoms with E-state index in [0.29, 0.717) is 11.8 Å². The Bertz CT molecular complexity index is 371. The summed E-state index contributed by atoms with van der Waals surface area (Å²) in [5, 5.41) is 0.701. The first-order chi connectivity index (χ1) is 6.40. The number of oxazole rings is 1. The lowest BCUT2D eigenvalue weighted by Crippen LogP contribution is -2.00. The van der Waals surface area contributed by atoms with Crippen molar-refractivity contribution in [3.05, 3.63) is 24.3 Å². The highest BCUT2D eigenvalue weighted by molar-refractivity contribution is 7.99. The van der Waals surface area contributed by atoms with Crippen LogP contribution in [0, 0.1) is 0 Å². The van der Waals surface area contributed by atoms with Crippen LogP contribution in [-0.4, -0.2) is 17.3 Å². The number of nitrogens with two attached hydrogens (primary N) is 1. The predicted octanol–water partition coefficient (Wildman–Crippen LogP) is 2.30. The molecule has 0 saturated heterocycles.